The SMILES string of the molecule is Cc1cc(C(C)(C)C#N)ccc1CCC(=O)Cn1cnc2ccc(F)c(F)c21.Cc1cc(C(C)(C)C#N)ccc1CN.O=C(O)Cn1cnc2ccc(F)c(F)c21. The van der Waals surface area contributed by atoms with E-state index in [0.29, 0.717) is 18.5 Å². The lowest BCUT2D eigenvalue weighted by Gasteiger charge is -2.17. The van der Waals surface area contributed by atoms with Gasteiger partial charge in [0.25, 0.3) is 0 Å². The number of nitrogens with two attached hydrogens (primary N) is 1. The molecule has 296 valence electrons. The summed E-state index contributed by atoms with van der Waals surface area (Å²) in [7, 11) is 0. The Morgan fingerprint density at radius 1 is 0.719 bits per heavy atom. The summed E-state index contributed by atoms with van der Waals surface area (Å²) in [5.41, 5.74) is 11.4. The molecule has 0 aliphatic carbocycles. The van der Waals surface area contributed by atoms with Gasteiger partial charge in [-0.2, -0.15) is 10.5 Å². The molecule has 0 fully saturated rings. The van der Waals surface area contributed by atoms with Gasteiger partial charge < -0.3 is 20.0 Å². The Balaban J connectivity index is 0.000000209. The summed E-state index contributed by atoms with van der Waals surface area (Å²) < 4.78 is 56.1. The average Bonchev–Trinajstić information content (AvgIpc) is 3.78. The molecule has 4 aromatic carbocycles. The number of hydrogen-bond acceptors (Lipinski definition) is 7. The largest absolute Gasteiger partial charge is 0.480 e. The van der Waals surface area contributed by atoms with Gasteiger partial charge in [0.05, 0.1) is 53.2 Å². The average molecular weight is 782 g/mol. The molecule has 14 heteroatoms. The number of carbonyl (C=O) groups excluding carboxylic acids is 1. The Kier molecular flexibility index (Phi) is 13.7. The van der Waals surface area contributed by atoms with Crippen LogP contribution in [0, 0.1) is 59.8 Å². The van der Waals surface area contributed by atoms with Crippen LogP contribution in [0.5, 0.6) is 0 Å². The molecular weight excluding hydrogens is 739 g/mol. The molecule has 0 atom stereocenters. The lowest BCUT2D eigenvalue weighted by atomic mass is 9.84. The Labute approximate surface area is 327 Å². The zero-order valence-electron chi connectivity index (χ0n) is 32.5. The maximum Gasteiger partial charge on any atom is 0.323 e. The van der Waals surface area contributed by atoms with Crippen molar-refractivity contribution in [2.75, 3.05) is 0 Å². The van der Waals surface area contributed by atoms with Gasteiger partial charge in [0.1, 0.15) is 17.6 Å². The fourth-order valence-corrected chi connectivity index (χ4v) is 5.93. The van der Waals surface area contributed by atoms with E-state index in [1.165, 1.54) is 29.4 Å². The summed E-state index contributed by atoms with van der Waals surface area (Å²) in [6.45, 7) is 11.6. The number of halogens is 4. The molecular formula is C43H43F4N7O3. The number of imidazole rings is 2. The van der Waals surface area contributed by atoms with E-state index in [1.54, 1.807) is 0 Å². The van der Waals surface area contributed by atoms with Crippen molar-refractivity contribution in [2.45, 2.75) is 84.8 Å². The number of carbonyl (C=O) groups is 2. The van der Waals surface area contributed by atoms with Crippen molar-refractivity contribution in [3.63, 3.8) is 0 Å². The van der Waals surface area contributed by atoms with E-state index in [2.05, 4.69) is 22.1 Å². The van der Waals surface area contributed by atoms with E-state index in [4.69, 9.17) is 16.1 Å². The van der Waals surface area contributed by atoms with Gasteiger partial charge in [-0.1, -0.05) is 36.4 Å². The van der Waals surface area contributed by atoms with E-state index in [-0.39, 0.29) is 35.3 Å². The predicted molar refractivity (Wildman–Crippen MR) is 208 cm³/mol. The van der Waals surface area contributed by atoms with Crippen molar-refractivity contribution in [2.24, 2.45) is 5.73 Å². The highest BCUT2D eigenvalue weighted by molar-refractivity contribution is 5.82. The Bertz CT molecular complexity index is 2530. The van der Waals surface area contributed by atoms with E-state index in [9.17, 15) is 32.4 Å². The third-order valence-corrected chi connectivity index (χ3v) is 9.58. The predicted octanol–water partition coefficient (Wildman–Crippen LogP) is 8.28. The van der Waals surface area contributed by atoms with Crippen LogP contribution in [0.15, 0.2) is 73.3 Å². The van der Waals surface area contributed by atoms with Gasteiger partial charge >= 0.3 is 5.97 Å². The minimum atomic E-state index is -1.14. The molecule has 0 bridgehead atoms. The van der Waals surface area contributed by atoms with Crippen molar-refractivity contribution < 1.29 is 32.3 Å². The molecule has 0 amide bonds. The maximum atomic E-state index is 14.0. The molecule has 0 radical (unpaired) electrons. The zero-order valence-corrected chi connectivity index (χ0v) is 32.5. The first kappa shape index (κ1) is 43.3. The molecule has 2 aromatic heterocycles. The molecule has 0 unspecified atom stereocenters. The Hall–Kier alpha value is -6.38. The highest BCUT2D eigenvalue weighted by atomic mass is 19.2. The van der Waals surface area contributed by atoms with Gasteiger partial charge in [-0.05, 0) is 106 Å². The van der Waals surface area contributed by atoms with Crippen LogP contribution in [0.3, 0.4) is 0 Å². The number of benzene rings is 4. The quantitative estimate of drug-likeness (QED) is 0.131. The summed E-state index contributed by atoms with van der Waals surface area (Å²) >= 11 is 0. The number of nitrogens with zero attached hydrogens (tertiary/aromatic N) is 6. The van der Waals surface area contributed by atoms with Crippen LogP contribution in [0.25, 0.3) is 22.1 Å². The smallest absolute Gasteiger partial charge is 0.323 e. The van der Waals surface area contributed by atoms with Gasteiger partial charge in [-0.15, -0.1) is 0 Å². The van der Waals surface area contributed by atoms with Crippen LogP contribution >= 0.6 is 0 Å². The second kappa shape index (κ2) is 18.0. The summed E-state index contributed by atoms with van der Waals surface area (Å²) in [4.78, 5) is 30.6. The second-order valence-electron chi connectivity index (χ2n) is 14.6. The third kappa shape index (κ3) is 10.3. The maximum absolute atomic E-state index is 14.0. The lowest BCUT2D eigenvalue weighted by Crippen LogP contribution is -2.14. The van der Waals surface area contributed by atoms with Gasteiger partial charge in [0.15, 0.2) is 29.1 Å². The van der Waals surface area contributed by atoms with Gasteiger partial charge in [-0.25, -0.2) is 27.5 Å². The first-order valence-corrected chi connectivity index (χ1v) is 17.9. The number of aryl methyl sites for hydroxylation is 3. The van der Waals surface area contributed by atoms with Crippen LogP contribution in [0.1, 0.15) is 67.5 Å². The number of ketones is 1. The number of aliphatic carboxylic acids is 1. The second-order valence-corrected chi connectivity index (χ2v) is 14.6. The van der Waals surface area contributed by atoms with Crippen LogP contribution in [0.4, 0.5) is 17.6 Å². The van der Waals surface area contributed by atoms with Crippen molar-refractivity contribution >= 4 is 33.8 Å². The molecule has 2 heterocycles. The molecule has 3 N–H and O–H groups in total. The van der Waals surface area contributed by atoms with Gasteiger partial charge in [0, 0.05) is 13.0 Å². The monoisotopic (exact) mass is 781 g/mol. The number of Topliss-reactive ketones (excluding diaryl/α,β-unsaturated/α-hetero) is 1. The highest BCUT2D eigenvalue weighted by Gasteiger charge is 2.22. The van der Waals surface area contributed by atoms with Crippen LogP contribution < -0.4 is 5.73 Å². The molecule has 57 heavy (non-hydrogen) atoms. The molecule has 6 aromatic rings. The normalized spacial score (nSPS) is 11.2. The fraction of sp³-hybridized carbons (Fsp3) is 0.302. The fourth-order valence-electron chi connectivity index (χ4n) is 5.93. The molecule has 10 nitrogen and oxygen atoms in total. The van der Waals surface area contributed by atoms with Crippen molar-refractivity contribution in [1.82, 2.24) is 19.1 Å². The van der Waals surface area contributed by atoms with E-state index in [1.807, 2.05) is 77.9 Å². The van der Waals surface area contributed by atoms with E-state index >= 15 is 0 Å². The van der Waals surface area contributed by atoms with Crippen LogP contribution in [-0.4, -0.2) is 36.0 Å². The zero-order chi connectivity index (χ0) is 42.2. The molecule has 0 saturated heterocycles. The first-order chi connectivity index (χ1) is 26.8. The standard InChI is InChI=1S/C22H21F2N3O.C12H16N2.C9H6F2N2O2/c1-14-10-16(22(2,3)12-25)6-4-15(14)5-7-17(28)11-27-13-26-19-9-8-18(23)20(24)21(19)27;1-9-6-11(12(2,3)8-14)5-4-10(9)7-13;10-5-1-2-6-9(8(5)11)13(4-12-6)3-7(14)15/h4,6,8-10,13H,5,7,11H2,1-3H3;4-6H,7,13H2,1-3H3;1-2,4H,3H2,(H,14,15). The minimum absolute atomic E-state index is 0.00705. The molecule has 0 aliphatic heterocycles. The number of fused-ring (bicyclic) bond motifs is 2. The summed E-state index contributed by atoms with van der Waals surface area (Å²) in [5, 5.41) is 26.8. The number of nitriles is 2. The van der Waals surface area contributed by atoms with Gasteiger partial charge in [-0.3, -0.25) is 9.59 Å². The van der Waals surface area contributed by atoms with Crippen LogP contribution in [-0.2, 0) is 46.5 Å². The van der Waals surface area contributed by atoms with Crippen molar-refractivity contribution in [1.29, 1.82) is 10.5 Å². The molecule has 0 saturated carbocycles. The van der Waals surface area contributed by atoms with Crippen molar-refractivity contribution in [3.05, 3.63) is 130 Å². The number of carboxylic acid groups (broad SMARTS) is 1. The van der Waals surface area contributed by atoms with Crippen molar-refractivity contribution in [3.8, 4) is 12.1 Å². The Morgan fingerprint density at radius 2 is 1.16 bits per heavy atom. The van der Waals surface area contributed by atoms with E-state index in [0.717, 1.165) is 50.1 Å². The number of aromatic nitrogens is 4. The van der Waals surface area contributed by atoms with E-state index < -0.39 is 46.6 Å². The summed E-state index contributed by atoms with van der Waals surface area (Å²) in [6.07, 6.45) is 3.34. The Morgan fingerprint density at radius 3 is 1.56 bits per heavy atom. The number of rotatable bonds is 10. The topological polar surface area (TPSA) is 164 Å². The number of hydrogen-bond donors (Lipinski definition) is 2. The molecule has 0 aliphatic rings. The van der Waals surface area contributed by atoms with Crippen LogP contribution in [0.2, 0.25) is 0 Å². The lowest BCUT2D eigenvalue weighted by molar-refractivity contribution is -0.137. The third-order valence-electron chi connectivity index (χ3n) is 9.58. The van der Waals surface area contributed by atoms with Gasteiger partial charge in [0.2, 0.25) is 0 Å². The minimum Gasteiger partial charge on any atom is -0.480 e. The highest BCUT2D eigenvalue weighted by Crippen LogP contribution is 2.26. The molecule has 6 rings (SSSR count). The summed E-state index contributed by atoms with van der Waals surface area (Å²) in [6, 6.07) is 21.1. The first-order valence-electron chi connectivity index (χ1n) is 17.9. The molecule has 0 spiro atoms. The summed E-state index contributed by atoms with van der Waals surface area (Å²) in [5.74, 6) is -5.28. The number of carboxylic acids is 1.